The number of likely N-dealkylation sites (tertiary alicyclic amines) is 1. The molecule has 7 nitrogen and oxygen atoms in total. The van der Waals surface area contributed by atoms with Crippen LogP contribution in [0.5, 0.6) is 5.75 Å². The molecule has 3 rings (SSSR count). The van der Waals surface area contributed by atoms with Crippen LogP contribution in [0.15, 0.2) is 35.6 Å². The lowest BCUT2D eigenvalue weighted by molar-refractivity contribution is 0.211. The van der Waals surface area contributed by atoms with Gasteiger partial charge in [0.15, 0.2) is 17.5 Å². The zero-order valence-corrected chi connectivity index (χ0v) is 15.2. The molecule has 1 aliphatic rings. The SMILES string of the molecule is CN=C(NCC(C)Oc1ccccc1F)N1CCC(c2ncn[nH]2)CC1. The lowest BCUT2D eigenvalue weighted by Gasteiger charge is -2.33. The summed E-state index contributed by atoms with van der Waals surface area (Å²) in [5.74, 6) is 2.13. The molecular formula is C18H25FN6O. The third kappa shape index (κ3) is 4.50. The van der Waals surface area contributed by atoms with E-state index in [0.717, 1.165) is 37.7 Å². The first-order valence-electron chi connectivity index (χ1n) is 8.89. The largest absolute Gasteiger partial charge is 0.486 e. The molecule has 1 aromatic carbocycles. The number of hydrogen-bond acceptors (Lipinski definition) is 4. The summed E-state index contributed by atoms with van der Waals surface area (Å²) in [4.78, 5) is 10.8. The molecule has 0 radical (unpaired) electrons. The Balaban J connectivity index is 1.47. The molecule has 26 heavy (non-hydrogen) atoms. The second kappa shape index (κ2) is 8.64. The minimum atomic E-state index is -0.349. The van der Waals surface area contributed by atoms with Gasteiger partial charge in [0.25, 0.3) is 0 Å². The fourth-order valence-electron chi connectivity index (χ4n) is 3.14. The molecule has 140 valence electrons. The van der Waals surface area contributed by atoms with Crippen molar-refractivity contribution in [2.45, 2.75) is 31.8 Å². The van der Waals surface area contributed by atoms with Crippen molar-refractivity contribution in [2.24, 2.45) is 4.99 Å². The molecule has 2 heterocycles. The van der Waals surface area contributed by atoms with E-state index in [0.29, 0.717) is 12.5 Å². The monoisotopic (exact) mass is 360 g/mol. The van der Waals surface area contributed by atoms with Crippen molar-refractivity contribution in [2.75, 3.05) is 26.7 Å². The van der Waals surface area contributed by atoms with Gasteiger partial charge < -0.3 is 15.0 Å². The Kier molecular flexibility index (Phi) is 6.04. The van der Waals surface area contributed by atoms with Crippen molar-refractivity contribution in [3.8, 4) is 5.75 Å². The number of rotatable bonds is 5. The van der Waals surface area contributed by atoms with Gasteiger partial charge in [0, 0.05) is 26.1 Å². The number of benzene rings is 1. The highest BCUT2D eigenvalue weighted by Gasteiger charge is 2.24. The molecule has 0 bridgehead atoms. The fraction of sp³-hybridized carbons (Fsp3) is 0.500. The van der Waals surface area contributed by atoms with Gasteiger partial charge in [-0.15, -0.1) is 0 Å². The van der Waals surface area contributed by atoms with Crippen molar-refractivity contribution < 1.29 is 9.13 Å². The zero-order chi connectivity index (χ0) is 18.4. The number of halogens is 1. The van der Waals surface area contributed by atoms with Crippen LogP contribution in [-0.2, 0) is 0 Å². The molecule has 0 aliphatic carbocycles. The first kappa shape index (κ1) is 18.2. The van der Waals surface area contributed by atoms with Crippen LogP contribution in [0.25, 0.3) is 0 Å². The van der Waals surface area contributed by atoms with Gasteiger partial charge >= 0.3 is 0 Å². The first-order valence-corrected chi connectivity index (χ1v) is 8.89. The molecule has 2 aromatic rings. The van der Waals surface area contributed by atoms with Gasteiger partial charge in [0.05, 0.1) is 6.54 Å². The number of nitrogens with zero attached hydrogens (tertiary/aromatic N) is 4. The molecule has 1 aliphatic heterocycles. The van der Waals surface area contributed by atoms with Crippen LogP contribution < -0.4 is 10.1 Å². The number of aromatic nitrogens is 3. The average Bonchev–Trinajstić information content (AvgIpc) is 3.19. The second-order valence-corrected chi connectivity index (χ2v) is 6.42. The van der Waals surface area contributed by atoms with Crippen LogP contribution in [-0.4, -0.2) is 58.8 Å². The standard InChI is InChI=1S/C18H25FN6O/c1-13(26-16-6-4-3-5-15(16)19)11-21-18(20-2)25-9-7-14(8-10-25)17-22-12-23-24-17/h3-6,12-14H,7-11H2,1-2H3,(H,20,21)(H,22,23,24). The zero-order valence-electron chi connectivity index (χ0n) is 15.2. The van der Waals surface area contributed by atoms with E-state index in [1.807, 2.05) is 6.92 Å². The molecule has 8 heteroatoms. The Morgan fingerprint density at radius 3 is 2.85 bits per heavy atom. The smallest absolute Gasteiger partial charge is 0.193 e. The maximum Gasteiger partial charge on any atom is 0.193 e. The summed E-state index contributed by atoms with van der Waals surface area (Å²) >= 11 is 0. The third-order valence-corrected chi connectivity index (χ3v) is 4.54. The van der Waals surface area contributed by atoms with Crippen molar-refractivity contribution in [1.82, 2.24) is 25.4 Å². The van der Waals surface area contributed by atoms with E-state index >= 15 is 0 Å². The van der Waals surface area contributed by atoms with Crippen LogP contribution in [0.3, 0.4) is 0 Å². The molecule has 0 amide bonds. The second-order valence-electron chi connectivity index (χ2n) is 6.42. The fourth-order valence-corrected chi connectivity index (χ4v) is 3.14. The first-order chi connectivity index (χ1) is 12.7. The molecule has 0 spiro atoms. The van der Waals surface area contributed by atoms with Gasteiger partial charge in [-0.2, -0.15) is 5.10 Å². The van der Waals surface area contributed by atoms with Crippen molar-refractivity contribution >= 4 is 5.96 Å². The Bertz CT molecular complexity index is 712. The summed E-state index contributed by atoms with van der Waals surface area (Å²) in [5.41, 5.74) is 0. The van der Waals surface area contributed by atoms with E-state index in [9.17, 15) is 4.39 Å². The minimum Gasteiger partial charge on any atom is -0.486 e. The van der Waals surface area contributed by atoms with Gasteiger partial charge in [0.1, 0.15) is 18.3 Å². The van der Waals surface area contributed by atoms with Gasteiger partial charge in [0.2, 0.25) is 0 Å². The van der Waals surface area contributed by atoms with E-state index in [-0.39, 0.29) is 17.7 Å². The quantitative estimate of drug-likeness (QED) is 0.631. The molecule has 2 N–H and O–H groups in total. The van der Waals surface area contributed by atoms with Gasteiger partial charge in [-0.1, -0.05) is 12.1 Å². The molecule has 1 unspecified atom stereocenters. The summed E-state index contributed by atoms with van der Waals surface area (Å²) in [6, 6.07) is 6.44. The lowest BCUT2D eigenvalue weighted by atomic mass is 9.96. The highest BCUT2D eigenvalue weighted by atomic mass is 19.1. The molecule has 0 saturated carbocycles. The average molecular weight is 360 g/mol. The van der Waals surface area contributed by atoms with E-state index in [2.05, 4.69) is 30.4 Å². The summed E-state index contributed by atoms with van der Waals surface area (Å²) in [5, 5.41) is 10.2. The molecule has 1 aromatic heterocycles. The topological polar surface area (TPSA) is 78.4 Å². The molecular weight excluding hydrogens is 335 g/mol. The number of guanidine groups is 1. The lowest BCUT2D eigenvalue weighted by Crippen LogP contribution is -2.47. The number of hydrogen-bond donors (Lipinski definition) is 2. The highest BCUT2D eigenvalue weighted by molar-refractivity contribution is 5.80. The van der Waals surface area contributed by atoms with Crippen molar-refractivity contribution in [1.29, 1.82) is 0 Å². The number of aromatic amines is 1. The van der Waals surface area contributed by atoms with Crippen LogP contribution >= 0.6 is 0 Å². The number of nitrogens with one attached hydrogen (secondary N) is 2. The molecule has 1 saturated heterocycles. The Morgan fingerprint density at radius 1 is 1.42 bits per heavy atom. The van der Waals surface area contributed by atoms with Crippen LogP contribution in [0.4, 0.5) is 4.39 Å². The number of H-pyrrole nitrogens is 1. The van der Waals surface area contributed by atoms with Gasteiger partial charge in [-0.3, -0.25) is 10.1 Å². The number of piperidine rings is 1. The minimum absolute atomic E-state index is 0.185. The number of para-hydroxylation sites is 1. The summed E-state index contributed by atoms with van der Waals surface area (Å²) in [7, 11) is 1.77. The van der Waals surface area contributed by atoms with Crippen molar-refractivity contribution in [3.63, 3.8) is 0 Å². The summed E-state index contributed by atoms with van der Waals surface area (Å²) in [6.07, 6.45) is 3.36. The van der Waals surface area contributed by atoms with Crippen LogP contribution in [0.2, 0.25) is 0 Å². The predicted molar refractivity (Wildman–Crippen MR) is 97.8 cm³/mol. The molecule has 1 fully saturated rings. The Hall–Kier alpha value is -2.64. The highest BCUT2D eigenvalue weighted by Crippen LogP contribution is 2.25. The van der Waals surface area contributed by atoms with Gasteiger partial charge in [-0.25, -0.2) is 9.37 Å². The van der Waals surface area contributed by atoms with Crippen LogP contribution in [0, 0.1) is 5.82 Å². The Labute approximate surface area is 152 Å². The van der Waals surface area contributed by atoms with E-state index in [1.54, 1.807) is 31.6 Å². The maximum atomic E-state index is 13.7. The van der Waals surface area contributed by atoms with Gasteiger partial charge in [-0.05, 0) is 31.9 Å². The number of aliphatic imine (C=N–C) groups is 1. The molecule has 1 atom stereocenters. The van der Waals surface area contributed by atoms with Crippen LogP contribution in [0.1, 0.15) is 31.5 Å². The predicted octanol–water partition coefficient (Wildman–Crippen LogP) is 2.17. The van der Waals surface area contributed by atoms with E-state index in [4.69, 9.17) is 4.74 Å². The summed E-state index contributed by atoms with van der Waals surface area (Å²) in [6.45, 7) is 4.24. The normalized spacial score (nSPS) is 17.2. The summed E-state index contributed by atoms with van der Waals surface area (Å²) < 4.78 is 19.3. The van der Waals surface area contributed by atoms with E-state index < -0.39 is 0 Å². The van der Waals surface area contributed by atoms with E-state index in [1.165, 1.54) is 6.07 Å². The third-order valence-electron chi connectivity index (χ3n) is 4.54. The Morgan fingerprint density at radius 2 is 2.19 bits per heavy atom. The maximum absolute atomic E-state index is 13.7. The number of ether oxygens (including phenoxy) is 1. The van der Waals surface area contributed by atoms with Crippen molar-refractivity contribution in [3.05, 3.63) is 42.2 Å².